The molecule has 0 aromatic carbocycles. The molecule has 3 atom stereocenters. The van der Waals surface area contributed by atoms with E-state index in [0.717, 1.165) is 17.9 Å². The molecule has 20 heavy (non-hydrogen) atoms. The first kappa shape index (κ1) is 14.6. The van der Waals surface area contributed by atoms with Crippen molar-refractivity contribution in [2.24, 2.45) is 11.8 Å². The Hall–Kier alpha value is -0.340. The minimum atomic E-state index is 0.535. The average Bonchev–Trinajstić information content (AvgIpc) is 2.81. The van der Waals surface area contributed by atoms with E-state index < -0.39 is 0 Å². The van der Waals surface area contributed by atoms with Gasteiger partial charge in [0.2, 0.25) is 0 Å². The van der Waals surface area contributed by atoms with Gasteiger partial charge in [-0.2, -0.15) is 0 Å². The molecule has 1 N–H and O–H groups in total. The van der Waals surface area contributed by atoms with E-state index in [2.05, 4.69) is 43.5 Å². The highest BCUT2D eigenvalue weighted by Gasteiger charge is 2.26. The molecule has 112 valence electrons. The van der Waals surface area contributed by atoms with Crippen LogP contribution < -0.4 is 5.32 Å². The van der Waals surface area contributed by atoms with Crippen molar-refractivity contribution >= 4 is 11.3 Å². The number of hydrogen-bond donors (Lipinski definition) is 1. The molecule has 1 fully saturated rings. The zero-order chi connectivity index (χ0) is 14.1. The largest absolute Gasteiger partial charge is 0.307 e. The van der Waals surface area contributed by atoms with Crippen LogP contribution in [0.5, 0.6) is 0 Å². The summed E-state index contributed by atoms with van der Waals surface area (Å²) in [6, 6.07) is 3.75. The van der Waals surface area contributed by atoms with Crippen LogP contribution in [0.4, 0.5) is 0 Å². The van der Waals surface area contributed by atoms with Crippen molar-refractivity contribution in [2.45, 2.75) is 77.8 Å². The molecule has 0 radical (unpaired) electrons. The molecule has 1 aromatic heterocycles. The highest BCUT2D eigenvalue weighted by molar-refractivity contribution is 7.12. The van der Waals surface area contributed by atoms with Crippen molar-refractivity contribution in [1.82, 2.24) is 5.32 Å². The van der Waals surface area contributed by atoms with Crippen LogP contribution in [0.3, 0.4) is 0 Å². The Labute approximate surface area is 128 Å². The Kier molecular flexibility index (Phi) is 4.52. The maximum atomic E-state index is 3.92. The fraction of sp³-hybridized carbons (Fsp3) is 0.778. The minimum absolute atomic E-state index is 0.535. The maximum Gasteiger partial charge on any atom is 0.0388 e. The van der Waals surface area contributed by atoms with Gasteiger partial charge in [-0.05, 0) is 75.3 Å². The van der Waals surface area contributed by atoms with Gasteiger partial charge in [-0.3, -0.25) is 0 Å². The molecule has 1 nitrogen and oxygen atoms in total. The Bertz CT molecular complexity index is 417. The summed E-state index contributed by atoms with van der Waals surface area (Å²) >= 11 is 2.07. The second-order valence-corrected chi connectivity index (χ2v) is 8.48. The zero-order valence-corrected chi connectivity index (χ0v) is 14.1. The van der Waals surface area contributed by atoms with Crippen LogP contribution in [0, 0.1) is 11.8 Å². The zero-order valence-electron chi connectivity index (χ0n) is 13.2. The molecule has 3 rings (SSSR count). The van der Waals surface area contributed by atoms with Crippen LogP contribution in [-0.4, -0.2) is 6.04 Å². The lowest BCUT2D eigenvalue weighted by Gasteiger charge is -2.33. The Morgan fingerprint density at radius 2 is 1.80 bits per heavy atom. The van der Waals surface area contributed by atoms with Gasteiger partial charge in [-0.15, -0.1) is 11.3 Å². The molecule has 0 bridgehead atoms. The average molecular weight is 292 g/mol. The van der Waals surface area contributed by atoms with Gasteiger partial charge < -0.3 is 5.32 Å². The fourth-order valence-corrected chi connectivity index (χ4v) is 5.51. The van der Waals surface area contributed by atoms with E-state index in [1.54, 1.807) is 15.3 Å². The lowest BCUT2D eigenvalue weighted by molar-refractivity contribution is 0.229. The third-order valence-electron chi connectivity index (χ3n) is 5.11. The summed E-state index contributed by atoms with van der Waals surface area (Å²) < 4.78 is 0. The second kappa shape index (κ2) is 6.19. The minimum Gasteiger partial charge on any atom is -0.307 e. The summed E-state index contributed by atoms with van der Waals surface area (Å²) in [6.07, 6.45) is 9.56. The quantitative estimate of drug-likeness (QED) is 0.816. The van der Waals surface area contributed by atoms with E-state index in [-0.39, 0.29) is 0 Å². The molecule has 0 aliphatic heterocycles. The second-order valence-electron chi connectivity index (χ2n) is 7.31. The molecule has 0 amide bonds. The maximum absolute atomic E-state index is 3.92. The molecule has 1 aromatic rings. The first-order chi connectivity index (χ1) is 9.61. The van der Waals surface area contributed by atoms with Gasteiger partial charge in [0.1, 0.15) is 0 Å². The van der Waals surface area contributed by atoms with E-state index in [0.29, 0.717) is 6.04 Å². The number of aryl methyl sites for hydroxylation is 2. The summed E-state index contributed by atoms with van der Waals surface area (Å²) in [7, 11) is 0. The Balaban J connectivity index is 1.63. The lowest BCUT2D eigenvalue weighted by Crippen LogP contribution is -2.37. The number of hydrogen-bond acceptors (Lipinski definition) is 2. The van der Waals surface area contributed by atoms with Crippen LogP contribution in [-0.2, 0) is 12.8 Å². The van der Waals surface area contributed by atoms with Crippen LogP contribution in [0.15, 0.2) is 6.07 Å². The molecular weight excluding hydrogens is 262 g/mol. The van der Waals surface area contributed by atoms with Gasteiger partial charge in [0.05, 0.1) is 0 Å². The van der Waals surface area contributed by atoms with Gasteiger partial charge in [0.15, 0.2) is 0 Å². The van der Waals surface area contributed by atoms with Crippen molar-refractivity contribution < 1.29 is 0 Å². The van der Waals surface area contributed by atoms with Crippen molar-refractivity contribution in [3.8, 4) is 0 Å². The normalized spacial score (nSPS) is 31.9. The van der Waals surface area contributed by atoms with Gasteiger partial charge in [0.25, 0.3) is 0 Å². The van der Waals surface area contributed by atoms with Crippen LogP contribution in [0.25, 0.3) is 0 Å². The molecule has 2 aliphatic carbocycles. The van der Waals surface area contributed by atoms with Gasteiger partial charge in [-0.1, -0.05) is 13.8 Å². The molecule has 0 spiro atoms. The summed E-state index contributed by atoms with van der Waals surface area (Å²) in [6.45, 7) is 7.19. The highest BCUT2D eigenvalue weighted by atomic mass is 32.1. The van der Waals surface area contributed by atoms with Crippen molar-refractivity contribution in [1.29, 1.82) is 0 Å². The first-order valence-corrected chi connectivity index (χ1v) is 9.31. The topological polar surface area (TPSA) is 12.0 Å². The van der Waals surface area contributed by atoms with Crippen LogP contribution in [0.2, 0.25) is 0 Å². The Morgan fingerprint density at radius 1 is 1.10 bits per heavy atom. The molecule has 3 unspecified atom stereocenters. The van der Waals surface area contributed by atoms with Crippen molar-refractivity contribution in [3.05, 3.63) is 21.4 Å². The van der Waals surface area contributed by atoms with Gasteiger partial charge in [-0.25, -0.2) is 0 Å². The van der Waals surface area contributed by atoms with Gasteiger partial charge in [0, 0.05) is 21.8 Å². The smallest absolute Gasteiger partial charge is 0.0388 e. The molecular formula is C18H29NS. The summed E-state index contributed by atoms with van der Waals surface area (Å²) in [4.78, 5) is 3.24. The van der Waals surface area contributed by atoms with E-state index in [4.69, 9.17) is 0 Å². The number of thiophene rings is 1. The van der Waals surface area contributed by atoms with Gasteiger partial charge >= 0.3 is 0 Å². The number of nitrogens with one attached hydrogen (secondary N) is 1. The SMILES string of the molecule is CC1CC(C)CC(NC(C)c2cc3c(s2)CCCC3)C1. The standard InChI is InChI=1S/C18H29NS/c1-12-8-13(2)10-16(9-12)19-14(3)18-11-15-6-4-5-7-17(15)20-18/h11-14,16,19H,4-10H2,1-3H3. The van der Waals surface area contributed by atoms with Crippen LogP contribution in [0.1, 0.15) is 74.2 Å². The molecule has 2 aliphatic rings. The predicted molar refractivity (Wildman–Crippen MR) is 88.5 cm³/mol. The molecule has 1 heterocycles. The monoisotopic (exact) mass is 291 g/mol. The van der Waals surface area contributed by atoms with Crippen molar-refractivity contribution in [3.63, 3.8) is 0 Å². The van der Waals surface area contributed by atoms with E-state index in [1.807, 2.05) is 0 Å². The summed E-state index contributed by atoms with van der Waals surface area (Å²) in [5.74, 6) is 1.78. The summed E-state index contributed by atoms with van der Waals surface area (Å²) in [5, 5.41) is 3.92. The number of fused-ring (bicyclic) bond motifs is 1. The molecule has 2 heteroatoms. The van der Waals surface area contributed by atoms with Crippen LogP contribution >= 0.6 is 11.3 Å². The lowest BCUT2D eigenvalue weighted by atomic mass is 9.80. The van der Waals surface area contributed by atoms with E-state index in [1.165, 1.54) is 44.9 Å². The Morgan fingerprint density at radius 3 is 2.50 bits per heavy atom. The molecule has 0 saturated heterocycles. The van der Waals surface area contributed by atoms with Crippen molar-refractivity contribution in [2.75, 3.05) is 0 Å². The number of rotatable bonds is 3. The first-order valence-electron chi connectivity index (χ1n) is 8.49. The summed E-state index contributed by atoms with van der Waals surface area (Å²) in [5.41, 5.74) is 1.65. The fourth-order valence-electron chi connectivity index (χ4n) is 4.25. The van der Waals surface area contributed by atoms with E-state index in [9.17, 15) is 0 Å². The predicted octanol–water partition coefficient (Wildman–Crippen LogP) is 5.10. The van der Waals surface area contributed by atoms with E-state index >= 15 is 0 Å². The highest BCUT2D eigenvalue weighted by Crippen LogP contribution is 2.34. The molecule has 1 saturated carbocycles. The third-order valence-corrected chi connectivity index (χ3v) is 6.53. The third kappa shape index (κ3) is 3.28.